The van der Waals surface area contributed by atoms with Gasteiger partial charge in [-0.2, -0.15) is 8.78 Å². The number of urea groups is 1. The summed E-state index contributed by atoms with van der Waals surface area (Å²) in [5.41, 5.74) is 0.365. The van der Waals surface area contributed by atoms with Gasteiger partial charge in [-0.05, 0) is 31.0 Å². The third-order valence-corrected chi connectivity index (χ3v) is 4.78. The van der Waals surface area contributed by atoms with Gasteiger partial charge in [0.05, 0.1) is 5.02 Å². The zero-order chi connectivity index (χ0) is 19.4. The molecule has 0 bridgehead atoms. The van der Waals surface area contributed by atoms with Crippen LogP contribution in [-0.2, 0) is 9.53 Å². The molecule has 1 N–H and O–H groups in total. The van der Waals surface area contributed by atoms with E-state index >= 15 is 0 Å². The number of benzene rings is 1. The molecule has 2 aliphatic rings. The first kappa shape index (κ1) is 19.6. The summed E-state index contributed by atoms with van der Waals surface area (Å²) in [6.07, 6.45) is 1.27. The highest BCUT2D eigenvalue weighted by Gasteiger charge is 2.31. The summed E-state index contributed by atoms with van der Waals surface area (Å²) in [6.45, 7) is -0.698. The molecule has 0 radical (unpaired) electrons. The van der Waals surface area contributed by atoms with Crippen LogP contribution in [0.3, 0.4) is 0 Å². The van der Waals surface area contributed by atoms with E-state index in [0.29, 0.717) is 38.5 Å². The van der Waals surface area contributed by atoms with Gasteiger partial charge in [-0.1, -0.05) is 11.6 Å². The van der Waals surface area contributed by atoms with Gasteiger partial charge < -0.3 is 24.6 Å². The third kappa shape index (κ3) is 4.98. The number of piperazine rings is 1. The number of nitrogens with one attached hydrogen (secondary N) is 1. The lowest BCUT2D eigenvalue weighted by atomic mass is 10.2. The molecule has 0 aromatic heterocycles. The Labute approximate surface area is 160 Å². The molecule has 1 atom stereocenters. The molecule has 27 heavy (non-hydrogen) atoms. The van der Waals surface area contributed by atoms with Gasteiger partial charge in [-0.3, -0.25) is 4.79 Å². The lowest BCUT2D eigenvalue weighted by Crippen LogP contribution is -2.53. The molecule has 3 rings (SSSR count). The van der Waals surface area contributed by atoms with Crippen LogP contribution in [0.25, 0.3) is 0 Å². The van der Waals surface area contributed by atoms with Crippen LogP contribution in [0.1, 0.15) is 12.8 Å². The second-order valence-corrected chi connectivity index (χ2v) is 6.68. The Morgan fingerprint density at radius 2 is 1.93 bits per heavy atom. The van der Waals surface area contributed by atoms with Gasteiger partial charge >= 0.3 is 12.6 Å². The number of ether oxygens (including phenoxy) is 2. The smallest absolute Gasteiger partial charge is 0.387 e. The summed E-state index contributed by atoms with van der Waals surface area (Å²) in [7, 11) is 0. The Bertz CT molecular complexity index is 693. The molecule has 3 amide bonds. The summed E-state index contributed by atoms with van der Waals surface area (Å²) in [4.78, 5) is 28.0. The highest BCUT2D eigenvalue weighted by molar-refractivity contribution is 6.32. The van der Waals surface area contributed by atoms with Gasteiger partial charge in [0.25, 0.3) is 5.91 Å². The molecule has 1 aromatic rings. The second-order valence-electron chi connectivity index (χ2n) is 6.27. The molecule has 2 fully saturated rings. The fourth-order valence-corrected chi connectivity index (χ4v) is 3.30. The van der Waals surface area contributed by atoms with Crippen molar-refractivity contribution in [1.29, 1.82) is 0 Å². The monoisotopic (exact) mass is 403 g/mol. The first-order valence-corrected chi connectivity index (χ1v) is 9.02. The number of halogens is 3. The van der Waals surface area contributed by atoms with Crippen molar-refractivity contribution in [2.45, 2.75) is 25.6 Å². The number of alkyl halides is 2. The molecule has 1 aromatic carbocycles. The molecule has 0 aliphatic carbocycles. The van der Waals surface area contributed by atoms with Gasteiger partial charge in [0.15, 0.2) is 0 Å². The van der Waals surface area contributed by atoms with Crippen LogP contribution in [0.5, 0.6) is 5.75 Å². The van der Waals surface area contributed by atoms with E-state index in [1.807, 2.05) is 0 Å². The summed E-state index contributed by atoms with van der Waals surface area (Å²) in [5, 5.41) is 2.64. The predicted octanol–water partition coefficient (Wildman–Crippen LogP) is 2.80. The molecule has 2 heterocycles. The van der Waals surface area contributed by atoms with Crippen molar-refractivity contribution in [3.8, 4) is 5.75 Å². The molecule has 10 heteroatoms. The number of hydrogen-bond donors (Lipinski definition) is 1. The Morgan fingerprint density at radius 3 is 2.52 bits per heavy atom. The number of nitrogens with zero attached hydrogens (tertiary/aromatic N) is 2. The number of carbonyl (C=O) groups excluding carboxylic acids is 2. The molecule has 0 spiro atoms. The lowest BCUT2D eigenvalue weighted by Gasteiger charge is -2.35. The molecule has 2 saturated heterocycles. The third-order valence-electron chi connectivity index (χ3n) is 4.48. The van der Waals surface area contributed by atoms with Gasteiger partial charge in [0.1, 0.15) is 11.9 Å². The standard InChI is InChI=1S/C17H20ClF2N3O4/c18-12-10-11(3-4-13(12)27-16(19)20)21-17(25)23-7-5-22(6-8-23)15(24)14-2-1-9-26-14/h3-4,10,14,16H,1-2,5-9H2,(H,21,25). The first-order valence-electron chi connectivity index (χ1n) is 8.64. The maximum atomic E-state index is 12.4. The number of hydrogen-bond acceptors (Lipinski definition) is 4. The fraction of sp³-hybridized carbons (Fsp3) is 0.529. The van der Waals surface area contributed by atoms with E-state index in [4.69, 9.17) is 16.3 Å². The van der Waals surface area contributed by atoms with E-state index in [0.717, 1.165) is 12.8 Å². The van der Waals surface area contributed by atoms with E-state index in [2.05, 4.69) is 10.1 Å². The maximum Gasteiger partial charge on any atom is 0.387 e. The average molecular weight is 404 g/mol. The van der Waals surface area contributed by atoms with Crippen molar-refractivity contribution in [2.24, 2.45) is 0 Å². The van der Waals surface area contributed by atoms with E-state index in [-0.39, 0.29) is 28.8 Å². The first-order chi connectivity index (χ1) is 12.9. The molecule has 2 aliphatic heterocycles. The van der Waals surface area contributed by atoms with Crippen molar-refractivity contribution in [3.05, 3.63) is 23.2 Å². The van der Waals surface area contributed by atoms with Crippen LogP contribution in [-0.4, -0.2) is 67.2 Å². The minimum atomic E-state index is -2.98. The van der Waals surface area contributed by atoms with Crippen LogP contribution in [0.15, 0.2) is 18.2 Å². The van der Waals surface area contributed by atoms with Crippen LogP contribution in [0, 0.1) is 0 Å². The number of carbonyl (C=O) groups is 2. The van der Waals surface area contributed by atoms with Gasteiger partial charge in [0.2, 0.25) is 0 Å². The summed E-state index contributed by atoms with van der Waals surface area (Å²) < 4.78 is 34.2. The topological polar surface area (TPSA) is 71.1 Å². The van der Waals surface area contributed by atoms with E-state index < -0.39 is 6.61 Å². The van der Waals surface area contributed by atoms with Crippen LogP contribution >= 0.6 is 11.6 Å². The van der Waals surface area contributed by atoms with Crippen molar-refractivity contribution in [2.75, 3.05) is 38.1 Å². The second kappa shape index (κ2) is 8.71. The van der Waals surface area contributed by atoms with E-state index in [1.54, 1.807) is 9.80 Å². The minimum Gasteiger partial charge on any atom is -0.433 e. The zero-order valence-corrected chi connectivity index (χ0v) is 15.3. The van der Waals surface area contributed by atoms with Crippen molar-refractivity contribution in [1.82, 2.24) is 9.80 Å². The fourth-order valence-electron chi connectivity index (χ4n) is 3.08. The maximum absolute atomic E-state index is 12.4. The Hall–Kier alpha value is -2.13. The Kier molecular flexibility index (Phi) is 6.33. The Morgan fingerprint density at radius 1 is 1.22 bits per heavy atom. The molecule has 148 valence electrons. The SMILES string of the molecule is O=C(Nc1ccc(OC(F)F)c(Cl)c1)N1CCN(C(=O)C2CCCO2)CC1. The molecule has 1 unspecified atom stereocenters. The zero-order valence-electron chi connectivity index (χ0n) is 14.5. The quantitative estimate of drug-likeness (QED) is 0.839. The summed E-state index contributed by atoms with van der Waals surface area (Å²) >= 11 is 5.88. The number of amides is 3. The predicted molar refractivity (Wildman–Crippen MR) is 94.2 cm³/mol. The number of anilines is 1. The van der Waals surface area contributed by atoms with Crippen molar-refractivity contribution >= 4 is 29.2 Å². The van der Waals surface area contributed by atoms with Crippen LogP contribution in [0.2, 0.25) is 5.02 Å². The van der Waals surface area contributed by atoms with Crippen LogP contribution in [0.4, 0.5) is 19.3 Å². The van der Waals surface area contributed by atoms with E-state index in [1.165, 1.54) is 18.2 Å². The molecular formula is C17H20ClF2N3O4. The molecular weight excluding hydrogens is 384 g/mol. The number of rotatable bonds is 4. The highest BCUT2D eigenvalue weighted by atomic mass is 35.5. The van der Waals surface area contributed by atoms with Crippen molar-refractivity contribution in [3.63, 3.8) is 0 Å². The largest absolute Gasteiger partial charge is 0.433 e. The summed E-state index contributed by atoms with van der Waals surface area (Å²) in [6, 6.07) is 3.69. The van der Waals surface area contributed by atoms with Crippen LogP contribution < -0.4 is 10.1 Å². The normalized spacial score (nSPS) is 20.1. The average Bonchev–Trinajstić information content (AvgIpc) is 3.18. The van der Waals surface area contributed by atoms with E-state index in [9.17, 15) is 18.4 Å². The molecule has 0 saturated carbocycles. The van der Waals surface area contributed by atoms with Crippen molar-refractivity contribution < 1.29 is 27.8 Å². The highest BCUT2D eigenvalue weighted by Crippen LogP contribution is 2.29. The minimum absolute atomic E-state index is 0.0195. The Balaban J connectivity index is 1.50. The van der Waals surface area contributed by atoms with Gasteiger partial charge in [-0.25, -0.2) is 4.79 Å². The lowest BCUT2D eigenvalue weighted by molar-refractivity contribution is -0.142. The van der Waals surface area contributed by atoms with Gasteiger partial charge in [0, 0.05) is 38.5 Å². The molecule has 7 nitrogen and oxygen atoms in total. The summed E-state index contributed by atoms with van der Waals surface area (Å²) in [5.74, 6) is -0.181. The van der Waals surface area contributed by atoms with Gasteiger partial charge in [-0.15, -0.1) is 0 Å².